The van der Waals surface area contributed by atoms with Gasteiger partial charge in [0, 0.05) is 30.1 Å². The van der Waals surface area contributed by atoms with Crippen LogP contribution in [-0.4, -0.2) is 52.9 Å². The number of carbonyl (C=O) groups excluding carboxylic acids is 1. The molecule has 1 N–H and O–H groups in total. The number of pyridine rings is 1. The Labute approximate surface area is 134 Å². The summed E-state index contributed by atoms with van der Waals surface area (Å²) >= 11 is 0. The molecule has 0 spiro atoms. The highest BCUT2D eigenvalue weighted by Crippen LogP contribution is 2.29. The van der Waals surface area contributed by atoms with E-state index in [0.717, 1.165) is 17.0 Å². The number of ether oxygens (including phenoxy) is 2. The van der Waals surface area contributed by atoms with E-state index in [1.807, 2.05) is 18.7 Å². The van der Waals surface area contributed by atoms with Crippen LogP contribution in [0.1, 0.15) is 33.4 Å². The number of hydrogen-bond acceptors (Lipinski definition) is 5. The van der Waals surface area contributed by atoms with Crippen LogP contribution < -0.4 is 4.74 Å². The maximum atomic E-state index is 12.9. The minimum Gasteiger partial charge on any atom is -0.481 e. The first-order valence-electron chi connectivity index (χ1n) is 7.52. The van der Waals surface area contributed by atoms with E-state index in [0.29, 0.717) is 31.2 Å². The third-order valence-electron chi connectivity index (χ3n) is 4.10. The smallest absolute Gasteiger partial charge is 0.256 e. The third kappa shape index (κ3) is 2.92. The molecule has 3 rings (SSSR count). The number of nitrogens with zero attached hydrogens (tertiary/aromatic N) is 3. The summed E-state index contributed by atoms with van der Waals surface area (Å²) in [5, 5.41) is 7.21. The van der Waals surface area contributed by atoms with Crippen LogP contribution in [0.4, 0.5) is 0 Å². The van der Waals surface area contributed by atoms with Crippen molar-refractivity contribution >= 4 is 5.91 Å². The Kier molecular flexibility index (Phi) is 4.29. The molecule has 7 nitrogen and oxygen atoms in total. The van der Waals surface area contributed by atoms with Gasteiger partial charge < -0.3 is 14.4 Å². The van der Waals surface area contributed by atoms with Crippen LogP contribution >= 0.6 is 0 Å². The Hall–Kier alpha value is -2.41. The molecule has 1 saturated heterocycles. The van der Waals surface area contributed by atoms with Crippen molar-refractivity contribution in [2.24, 2.45) is 0 Å². The van der Waals surface area contributed by atoms with Crippen LogP contribution in [0.15, 0.2) is 18.3 Å². The highest BCUT2D eigenvalue weighted by atomic mass is 16.5. The fourth-order valence-electron chi connectivity index (χ4n) is 2.93. The molecule has 2 aromatic rings. The molecule has 1 aliphatic heterocycles. The lowest BCUT2D eigenvalue weighted by molar-refractivity contribution is -0.00304. The van der Waals surface area contributed by atoms with Gasteiger partial charge in [0.2, 0.25) is 5.88 Å². The Morgan fingerprint density at radius 2 is 2.26 bits per heavy atom. The maximum Gasteiger partial charge on any atom is 0.256 e. The van der Waals surface area contributed by atoms with Gasteiger partial charge in [-0.05, 0) is 19.9 Å². The van der Waals surface area contributed by atoms with Crippen molar-refractivity contribution in [1.82, 2.24) is 20.1 Å². The quantitative estimate of drug-likeness (QED) is 0.931. The average Bonchev–Trinajstić information content (AvgIpc) is 2.93. The van der Waals surface area contributed by atoms with Gasteiger partial charge in [-0.1, -0.05) is 0 Å². The summed E-state index contributed by atoms with van der Waals surface area (Å²) in [5.74, 6) is 0.426. The molecule has 0 saturated carbocycles. The van der Waals surface area contributed by atoms with Crippen LogP contribution in [0.2, 0.25) is 0 Å². The number of H-pyrrole nitrogens is 1. The highest BCUT2D eigenvalue weighted by Gasteiger charge is 2.32. The van der Waals surface area contributed by atoms with Gasteiger partial charge in [-0.2, -0.15) is 5.10 Å². The molecule has 0 aliphatic carbocycles. The molecule has 1 fully saturated rings. The fraction of sp³-hybridized carbons (Fsp3) is 0.438. The van der Waals surface area contributed by atoms with E-state index in [-0.39, 0.29) is 11.9 Å². The molecule has 1 atom stereocenters. The van der Waals surface area contributed by atoms with Gasteiger partial charge in [-0.15, -0.1) is 0 Å². The predicted octanol–water partition coefficient (Wildman–Crippen LogP) is 1.64. The summed E-state index contributed by atoms with van der Waals surface area (Å²) in [6.45, 7) is 5.43. The maximum absolute atomic E-state index is 12.9. The average molecular weight is 316 g/mol. The number of hydrogen-bond donors (Lipinski definition) is 1. The SMILES string of the molecule is COc1ccc(C(=O)N2CCOCC2c2c(C)n[nH]c2C)cn1. The molecule has 1 unspecified atom stereocenters. The number of aryl methyl sites for hydroxylation is 2. The zero-order valence-corrected chi connectivity index (χ0v) is 13.5. The lowest BCUT2D eigenvalue weighted by Gasteiger charge is -2.36. The van der Waals surface area contributed by atoms with Crippen LogP contribution in [-0.2, 0) is 4.74 Å². The second-order valence-corrected chi connectivity index (χ2v) is 5.53. The topological polar surface area (TPSA) is 80.3 Å². The van der Waals surface area contributed by atoms with Crippen molar-refractivity contribution in [2.75, 3.05) is 26.9 Å². The minimum atomic E-state index is -0.142. The number of rotatable bonds is 3. The van der Waals surface area contributed by atoms with Crippen molar-refractivity contribution < 1.29 is 14.3 Å². The lowest BCUT2D eigenvalue weighted by Crippen LogP contribution is -2.43. The van der Waals surface area contributed by atoms with Crippen molar-refractivity contribution in [3.05, 3.63) is 40.8 Å². The van der Waals surface area contributed by atoms with Gasteiger partial charge in [-0.25, -0.2) is 4.98 Å². The Morgan fingerprint density at radius 1 is 1.43 bits per heavy atom. The van der Waals surface area contributed by atoms with Gasteiger partial charge in [-0.3, -0.25) is 9.89 Å². The Bertz CT molecular complexity index is 676. The first-order chi connectivity index (χ1) is 11.1. The zero-order chi connectivity index (χ0) is 16.4. The summed E-state index contributed by atoms with van der Waals surface area (Å²) in [7, 11) is 1.55. The first kappa shape index (κ1) is 15.5. The molecule has 23 heavy (non-hydrogen) atoms. The van der Waals surface area contributed by atoms with Crippen molar-refractivity contribution in [2.45, 2.75) is 19.9 Å². The second-order valence-electron chi connectivity index (χ2n) is 5.53. The van der Waals surface area contributed by atoms with Gasteiger partial charge in [0.25, 0.3) is 5.91 Å². The number of amides is 1. The monoisotopic (exact) mass is 316 g/mol. The van der Waals surface area contributed by atoms with Gasteiger partial charge in [0.15, 0.2) is 0 Å². The second kappa shape index (κ2) is 6.37. The van der Waals surface area contributed by atoms with Crippen molar-refractivity contribution in [3.63, 3.8) is 0 Å². The Morgan fingerprint density at radius 3 is 2.87 bits per heavy atom. The van der Waals surface area contributed by atoms with Gasteiger partial charge in [0.05, 0.1) is 37.6 Å². The van der Waals surface area contributed by atoms with Crippen molar-refractivity contribution in [3.8, 4) is 5.88 Å². The predicted molar refractivity (Wildman–Crippen MR) is 83.4 cm³/mol. The lowest BCUT2D eigenvalue weighted by atomic mass is 10.0. The largest absolute Gasteiger partial charge is 0.481 e. The molecule has 3 heterocycles. The zero-order valence-electron chi connectivity index (χ0n) is 13.5. The van der Waals surface area contributed by atoms with Crippen LogP contribution in [0.3, 0.4) is 0 Å². The summed E-state index contributed by atoms with van der Waals surface area (Å²) in [4.78, 5) is 18.8. The molecule has 1 aliphatic rings. The molecule has 2 aromatic heterocycles. The van der Waals surface area contributed by atoms with E-state index in [4.69, 9.17) is 9.47 Å². The fourth-order valence-corrected chi connectivity index (χ4v) is 2.93. The van der Waals surface area contributed by atoms with Crippen molar-refractivity contribution in [1.29, 1.82) is 0 Å². The van der Waals surface area contributed by atoms with Crippen LogP contribution in [0, 0.1) is 13.8 Å². The number of aromatic amines is 1. The van der Waals surface area contributed by atoms with Gasteiger partial charge in [0.1, 0.15) is 0 Å². The summed E-state index contributed by atoms with van der Waals surface area (Å²) < 4.78 is 10.6. The Balaban J connectivity index is 1.90. The minimum absolute atomic E-state index is 0.0616. The molecular formula is C16H20N4O3. The molecule has 0 bridgehead atoms. The van der Waals surface area contributed by atoms with E-state index in [9.17, 15) is 4.79 Å². The standard InChI is InChI=1S/C16H20N4O3/c1-10-15(11(2)19-18-10)13-9-23-7-6-20(13)16(21)12-4-5-14(22-3)17-8-12/h4-5,8,13H,6-7,9H2,1-3H3,(H,18,19). The van der Waals surface area contributed by atoms with E-state index >= 15 is 0 Å². The molecule has 0 aromatic carbocycles. The molecule has 122 valence electrons. The number of nitrogens with one attached hydrogen (secondary N) is 1. The molecule has 1 amide bonds. The summed E-state index contributed by atoms with van der Waals surface area (Å²) in [5.41, 5.74) is 3.42. The van der Waals surface area contributed by atoms with E-state index < -0.39 is 0 Å². The number of carbonyl (C=O) groups is 1. The third-order valence-corrected chi connectivity index (χ3v) is 4.10. The van der Waals surface area contributed by atoms with Crippen LogP contribution in [0.25, 0.3) is 0 Å². The number of morpholine rings is 1. The van der Waals surface area contributed by atoms with Crippen LogP contribution in [0.5, 0.6) is 5.88 Å². The first-order valence-corrected chi connectivity index (χ1v) is 7.52. The van der Waals surface area contributed by atoms with E-state index in [1.54, 1.807) is 25.4 Å². The number of methoxy groups -OCH3 is 1. The normalized spacial score (nSPS) is 18.0. The molecule has 0 radical (unpaired) electrons. The van der Waals surface area contributed by atoms with E-state index in [1.165, 1.54) is 0 Å². The van der Waals surface area contributed by atoms with E-state index in [2.05, 4.69) is 15.2 Å². The summed E-state index contributed by atoms with van der Waals surface area (Å²) in [6.07, 6.45) is 1.54. The molecular weight excluding hydrogens is 296 g/mol. The number of aromatic nitrogens is 3. The molecule has 7 heteroatoms. The highest BCUT2D eigenvalue weighted by molar-refractivity contribution is 5.94. The van der Waals surface area contributed by atoms with Gasteiger partial charge >= 0.3 is 0 Å². The summed E-state index contributed by atoms with van der Waals surface area (Å²) in [6, 6.07) is 3.28.